The molecular formula is C15H33N3. The van der Waals surface area contributed by atoms with E-state index in [-0.39, 0.29) is 0 Å². The fourth-order valence-corrected chi connectivity index (χ4v) is 2.76. The van der Waals surface area contributed by atoms with Gasteiger partial charge in [-0.3, -0.25) is 0 Å². The highest BCUT2D eigenvalue weighted by molar-refractivity contribution is 4.77. The summed E-state index contributed by atoms with van der Waals surface area (Å²) in [4.78, 5) is 5.12. The van der Waals surface area contributed by atoms with Crippen LogP contribution in [0.3, 0.4) is 0 Å². The van der Waals surface area contributed by atoms with Crippen molar-refractivity contribution in [1.29, 1.82) is 0 Å². The molecule has 3 heteroatoms. The van der Waals surface area contributed by atoms with Crippen molar-refractivity contribution in [2.24, 2.45) is 11.7 Å². The van der Waals surface area contributed by atoms with E-state index >= 15 is 0 Å². The molecule has 1 rings (SSSR count). The monoisotopic (exact) mass is 255 g/mol. The zero-order valence-electron chi connectivity index (χ0n) is 12.9. The molecule has 0 aromatic heterocycles. The number of rotatable bonds is 6. The summed E-state index contributed by atoms with van der Waals surface area (Å²) in [5.74, 6) is 0.600. The summed E-state index contributed by atoms with van der Waals surface area (Å²) in [7, 11) is 2.28. The Hall–Kier alpha value is -0.120. The molecule has 0 radical (unpaired) electrons. The van der Waals surface area contributed by atoms with E-state index in [0.29, 0.717) is 12.0 Å². The number of nitrogens with zero attached hydrogens (tertiary/aromatic N) is 2. The third-order valence-corrected chi connectivity index (χ3v) is 4.53. The predicted molar refractivity (Wildman–Crippen MR) is 79.8 cm³/mol. The Morgan fingerprint density at radius 3 is 2.61 bits per heavy atom. The molecule has 0 aromatic rings. The molecule has 0 aromatic carbocycles. The van der Waals surface area contributed by atoms with Crippen molar-refractivity contribution in [3.8, 4) is 0 Å². The lowest BCUT2D eigenvalue weighted by Gasteiger charge is -2.29. The third kappa shape index (κ3) is 5.25. The van der Waals surface area contributed by atoms with Crippen LogP contribution in [0.2, 0.25) is 0 Å². The molecule has 2 N–H and O–H groups in total. The lowest BCUT2D eigenvalue weighted by atomic mass is 10.0. The fourth-order valence-electron chi connectivity index (χ4n) is 2.76. The highest BCUT2D eigenvalue weighted by atomic mass is 15.2. The maximum absolute atomic E-state index is 6.13. The number of hydrogen-bond donors (Lipinski definition) is 1. The first kappa shape index (κ1) is 15.9. The first-order valence-electron chi connectivity index (χ1n) is 7.72. The van der Waals surface area contributed by atoms with Crippen LogP contribution in [-0.2, 0) is 0 Å². The van der Waals surface area contributed by atoms with Crippen molar-refractivity contribution < 1.29 is 0 Å². The minimum absolute atomic E-state index is 0.352. The second-order valence-electron chi connectivity index (χ2n) is 6.20. The van der Waals surface area contributed by atoms with Crippen molar-refractivity contribution in [3.05, 3.63) is 0 Å². The Balaban J connectivity index is 2.30. The minimum Gasteiger partial charge on any atom is -0.327 e. The normalized spacial score (nSPS) is 24.5. The molecule has 0 aliphatic carbocycles. The van der Waals surface area contributed by atoms with Gasteiger partial charge in [-0.05, 0) is 64.8 Å². The molecule has 1 fully saturated rings. The van der Waals surface area contributed by atoms with Gasteiger partial charge in [0.05, 0.1) is 0 Å². The van der Waals surface area contributed by atoms with Crippen LogP contribution < -0.4 is 5.73 Å². The first-order chi connectivity index (χ1) is 8.54. The molecular weight excluding hydrogens is 222 g/mol. The van der Waals surface area contributed by atoms with Crippen molar-refractivity contribution in [2.45, 2.75) is 58.5 Å². The van der Waals surface area contributed by atoms with E-state index in [4.69, 9.17) is 5.73 Å². The Morgan fingerprint density at radius 2 is 2.00 bits per heavy atom. The lowest BCUT2D eigenvalue weighted by molar-refractivity contribution is 0.205. The van der Waals surface area contributed by atoms with Crippen LogP contribution in [0.1, 0.15) is 46.5 Å². The second kappa shape index (κ2) is 8.13. The molecule has 2 unspecified atom stereocenters. The average molecular weight is 255 g/mol. The molecule has 1 aliphatic heterocycles. The van der Waals surface area contributed by atoms with Crippen molar-refractivity contribution >= 4 is 0 Å². The second-order valence-corrected chi connectivity index (χ2v) is 6.20. The van der Waals surface area contributed by atoms with E-state index in [0.717, 1.165) is 19.0 Å². The van der Waals surface area contributed by atoms with E-state index in [1.807, 2.05) is 0 Å². The Morgan fingerprint density at radius 1 is 1.28 bits per heavy atom. The zero-order chi connectivity index (χ0) is 13.5. The fraction of sp³-hybridized carbons (Fsp3) is 1.00. The van der Waals surface area contributed by atoms with Gasteiger partial charge in [0.15, 0.2) is 0 Å². The quantitative estimate of drug-likeness (QED) is 0.789. The largest absolute Gasteiger partial charge is 0.327 e. The third-order valence-electron chi connectivity index (χ3n) is 4.53. The van der Waals surface area contributed by atoms with Crippen molar-refractivity contribution in [1.82, 2.24) is 9.80 Å². The van der Waals surface area contributed by atoms with E-state index in [1.54, 1.807) is 0 Å². The molecule has 18 heavy (non-hydrogen) atoms. The van der Waals surface area contributed by atoms with Gasteiger partial charge < -0.3 is 15.5 Å². The Kier molecular flexibility index (Phi) is 7.20. The van der Waals surface area contributed by atoms with Crippen LogP contribution in [0, 0.1) is 5.92 Å². The number of likely N-dealkylation sites (tertiary alicyclic amines) is 1. The predicted octanol–water partition coefficient (Wildman–Crippen LogP) is 2.17. The molecule has 0 spiro atoms. The van der Waals surface area contributed by atoms with Crippen LogP contribution in [0.15, 0.2) is 0 Å². The van der Waals surface area contributed by atoms with Gasteiger partial charge in [0.1, 0.15) is 0 Å². The zero-order valence-corrected chi connectivity index (χ0v) is 12.9. The van der Waals surface area contributed by atoms with Gasteiger partial charge in [-0.2, -0.15) is 0 Å². The highest BCUT2D eigenvalue weighted by Gasteiger charge is 2.20. The summed E-state index contributed by atoms with van der Waals surface area (Å²) >= 11 is 0. The standard InChI is InChI=1S/C15H33N3/c1-5-18-10-6-7-14(8-12-18)17(4)11-9-15(16)13(2)3/h13-15H,5-12,16H2,1-4H3. The van der Waals surface area contributed by atoms with Crippen molar-refractivity contribution in [3.63, 3.8) is 0 Å². The molecule has 2 atom stereocenters. The highest BCUT2D eigenvalue weighted by Crippen LogP contribution is 2.16. The van der Waals surface area contributed by atoms with Crippen LogP contribution in [0.5, 0.6) is 0 Å². The summed E-state index contributed by atoms with van der Waals surface area (Å²) in [5.41, 5.74) is 6.13. The van der Waals surface area contributed by atoms with Gasteiger partial charge in [-0.1, -0.05) is 20.8 Å². The van der Waals surface area contributed by atoms with E-state index in [9.17, 15) is 0 Å². The molecule has 0 amide bonds. The van der Waals surface area contributed by atoms with Crippen LogP contribution >= 0.6 is 0 Å². The molecule has 3 nitrogen and oxygen atoms in total. The first-order valence-corrected chi connectivity index (χ1v) is 7.72. The van der Waals surface area contributed by atoms with Gasteiger partial charge in [-0.15, -0.1) is 0 Å². The molecule has 1 heterocycles. The maximum Gasteiger partial charge on any atom is 0.0105 e. The SMILES string of the molecule is CCN1CCCC(N(C)CCC(N)C(C)C)CC1. The average Bonchev–Trinajstić information content (AvgIpc) is 2.60. The van der Waals surface area contributed by atoms with E-state index in [1.165, 1.54) is 38.9 Å². The summed E-state index contributed by atoms with van der Waals surface area (Å²) in [6, 6.07) is 1.12. The van der Waals surface area contributed by atoms with Gasteiger partial charge in [0.25, 0.3) is 0 Å². The molecule has 0 saturated carbocycles. The lowest BCUT2D eigenvalue weighted by Crippen LogP contribution is -2.37. The van der Waals surface area contributed by atoms with E-state index < -0.39 is 0 Å². The smallest absolute Gasteiger partial charge is 0.0105 e. The molecule has 1 saturated heterocycles. The van der Waals surface area contributed by atoms with Gasteiger partial charge in [0.2, 0.25) is 0 Å². The summed E-state index contributed by atoms with van der Waals surface area (Å²) in [6.07, 6.45) is 5.15. The summed E-state index contributed by atoms with van der Waals surface area (Å²) in [5, 5.41) is 0. The summed E-state index contributed by atoms with van der Waals surface area (Å²) < 4.78 is 0. The Labute approximate surface area is 114 Å². The summed E-state index contributed by atoms with van der Waals surface area (Å²) in [6.45, 7) is 11.6. The van der Waals surface area contributed by atoms with Crippen molar-refractivity contribution in [2.75, 3.05) is 33.2 Å². The molecule has 0 bridgehead atoms. The van der Waals surface area contributed by atoms with Crippen LogP contribution in [0.4, 0.5) is 0 Å². The number of nitrogens with two attached hydrogens (primary N) is 1. The van der Waals surface area contributed by atoms with Gasteiger partial charge in [0, 0.05) is 12.1 Å². The van der Waals surface area contributed by atoms with Crippen LogP contribution in [0.25, 0.3) is 0 Å². The maximum atomic E-state index is 6.13. The van der Waals surface area contributed by atoms with E-state index in [2.05, 4.69) is 37.6 Å². The molecule has 108 valence electrons. The Bertz CT molecular complexity index is 218. The number of hydrogen-bond acceptors (Lipinski definition) is 3. The minimum atomic E-state index is 0.352. The van der Waals surface area contributed by atoms with Gasteiger partial charge >= 0.3 is 0 Å². The topological polar surface area (TPSA) is 32.5 Å². The van der Waals surface area contributed by atoms with Gasteiger partial charge in [-0.25, -0.2) is 0 Å². The molecule has 1 aliphatic rings. The van der Waals surface area contributed by atoms with Crippen LogP contribution in [-0.4, -0.2) is 55.1 Å².